The van der Waals surface area contributed by atoms with Gasteiger partial charge in [-0.25, -0.2) is 8.78 Å². The molecule has 0 bridgehead atoms. The van der Waals surface area contributed by atoms with Gasteiger partial charge in [-0.1, -0.05) is 31.4 Å². The number of halogens is 2. The lowest BCUT2D eigenvalue weighted by molar-refractivity contribution is -0.129. The van der Waals surface area contributed by atoms with Gasteiger partial charge in [0.15, 0.2) is 0 Å². The molecule has 9 nitrogen and oxygen atoms in total. The van der Waals surface area contributed by atoms with Crippen LogP contribution in [0.25, 0.3) is 10.8 Å². The molecule has 1 aromatic heterocycles. The van der Waals surface area contributed by atoms with E-state index in [2.05, 4.69) is 29.6 Å². The number of aromatic hydroxyl groups is 1. The highest BCUT2D eigenvalue weighted by Gasteiger charge is 2.44. The third kappa shape index (κ3) is 7.45. The second-order valence-corrected chi connectivity index (χ2v) is 15.9. The van der Waals surface area contributed by atoms with E-state index in [1.165, 1.54) is 12.1 Å². The minimum absolute atomic E-state index is 0.0864. The SMILES string of the molecule is C#Cc1c(F)ccc2cc(O)cc([C@@H]3CCc4c(nc(OC[C@]5(C)C[C@@H](F)CN5CC5CCOCC5)nc4NCC4(N(C)C(=O)C=C)CCCC4)C3)c12. The van der Waals surface area contributed by atoms with E-state index in [1.54, 1.807) is 23.1 Å². The minimum atomic E-state index is -0.946. The van der Waals surface area contributed by atoms with E-state index in [0.717, 1.165) is 75.1 Å². The molecule has 2 N–H and O–H groups in total. The van der Waals surface area contributed by atoms with Gasteiger partial charge in [-0.3, -0.25) is 9.69 Å². The van der Waals surface area contributed by atoms with Crippen molar-refractivity contribution in [2.75, 3.05) is 51.8 Å². The molecule has 0 radical (unpaired) electrons. The van der Waals surface area contributed by atoms with Gasteiger partial charge in [-0.15, -0.1) is 6.42 Å². The van der Waals surface area contributed by atoms with Gasteiger partial charge in [0.25, 0.3) is 0 Å². The zero-order chi connectivity index (χ0) is 37.3. The summed E-state index contributed by atoms with van der Waals surface area (Å²) in [6.07, 6.45) is 14.1. The maximum Gasteiger partial charge on any atom is 0.318 e. The van der Waals surface area contributed by atoms with Crippen LogP contribution in [0.1, 0.15) is 86.6 Å². The quantitative estimate of drug-likeness (QED) is 0.166. The Hall–Kier alpha value is -4.27. The fraction of sp³-hybridized carbons (Fsp3) is 0.548. The predicted molar refractivity (Wildman–Crippen MR) is 201 cm³/mol. The predicted octanol–water partition coefficient (Wildman–Crippen LogP) is 6.71. The fourth-order valence-electron chi connectivity index (χ4n) is 9.31. The minimum Gasteiger partial charge on any atom is -0.508 e. The number of terminal acetylenes is 1. The molecule has 11 heteroatoms. The molecule has 53 heavy (non-hydrogen) atoms. The first-order valence-corrected chi connectivity index (χ1v) is 19.1. The first kappa shape index (κ1) is 37.1. The second kappa shape index (κ2) is 15.2. The average molecular weight is 728 g/mol. The average Bonchev–Trinajstić information content (AvgIpc) is 3.76. The van der Waals surface area contributed by atoms with Crippen LogP contribution in [0.5, 0.6) is 11.8 Å². The molecule has 3 atom stereocenters. The van der Waals surface area contributed by atoms with E-state index in [0.29, 0.717) is 61.3 Å². The summed E-state index contributed by atoms with van der Waals surface area (Å²) in [4.78, 5) is 26.8. The molecule has 1 amide bonds. The Bertz CT molecular complexity index is 1900. The summed E-state index contributed by atoms with van der Waals surface area (Å²) in [6, 6.07) is 6.48. The summed E-state index contributed by atoms with van der Waals surface area (Å²) in [5, 5.41) is 15.7. The number of fused-ring (bicyclic) bond motifs is 2. The molecule has 3 heterocycles. The number of phenols is 1. The second-order valence-electron chi connectivity index (χ2n) is 15.9. The molecule has 7 rings (SSSR count). The Kier molecular flexibility index (Phi) is 10.6. The van der Waals surface area contributed by atoms with Crippen molar-refractivity contribution in [3.8, 4) is 24.1 Å². The monoisotopic (exact) mass is 727 g/mol. The van der Waals surface area contributed by atoms with Gasteiger partial charge in [0.1, 0.15) is 30.2 Å². The topological polar surface area (TPSA) is 100 Å². The maximum absolute atomic E-state index is 15.0. The van der Waals surface area contributed by atoms with E-state index in [1.807, 2.05) is 7.05 Å². The van der Waals surface area contributed by atoms with Gasteiger partial charge in [-0.05, 0) is 98.9 Å². The Morgan fingerprint density at radius 1 is 1.25 bits per heavy atom. The van der Waals surface area contributed by atoms with E-state index in [4.69, 9.17) is 25.9 Å². The molecule has 282 valence electrons. The molecule has 3 aromatic rings. The standard InChI is InChI=1S/C42H51F2N5O4/c1-5-32-35(44)12-10-29-19-31(50)21-34(38(29)32)28-9-11-33-36(20-28)46-40(47-39(33)45-25-42(15-7-8-16-42)48(4)37(51)6-2)53-26-41(3)22-30(43)24-49(41)23-27-13-17-52-18-14-27/h1,6,10,12,19,21,27-28,30,50H,2,7-9,11,13-18,20,22-26H2,3-4H3,(H,45,46,47)/t28-,30-,41+/m1/s1. The third-order valence-corrected chi connectivity index (χ3v) is 12.4. The highest BCUT2D eigenvalue weighted by Crippen LogP contribution is 2.42. The number of hydrogen-bond donors (Lipinski definition) is 2. The van der Waals surface area contributed by atoms with Crippen LogP contribution in [0.4, 0.5) is 14.6 Å². The number of alkyl halides is 1. The van der Waals surface area contributed by atoms with Gasteiger partial charge in [0, 0.05) is 57.3 Å². The van der Waals surface area contributed by atoms with Crippen molar-refractivity contribution in [3.63, 3.8) is 0 Å². The van der Waals surface area contributed by atoms with Crippen molar-refractivity contribution in [2.45, 2.75) is 94.3 Å². The molecular formula is C42H51F2N5O4. The zero-order valence-corrected chi connectivity index (χ0v) is 30.9. The number of nitrogens with one attached hydrogen (secondary N) is 1. The van der Waals surface area contributed by atoms with Crippen molar-refractivity contribution in [1.29, 1.82) is 0 Å². The number of nitrogens with zero attached hydrogens (tertiary/aromatic N) is 4. The summed E-state index contributed by atoms with van der Waals surface area (Å²) in [6.45, 7) is 9.13. The summed E-state index contributed by atoms with van der Waals surface area (Å²) < 4.78 is 42.1. The Labute approximate surface area is 311 Å². The normalized spacial score (nSPS) is 24.4. The number of carbonyl (C=O) groups is 1. The first-order chi connectivity index (χ1) is 25.5. The number of carbonyl (C=O) groups excluding carboxylic acids is 1. The van der Waals surface area contributed by atoms with Crippen LogP contribution in [0.2, 0.25) is 0 Å². The molecule has 1 saturated carbocycles. The fourth-order valence-corrected chi connectivity index (χ4v) is 9.31. The lowest BCUT2D eigenvalue weighted by atomic mass is 9.79. The zero-order valence-electron chi connectivity index (χ0n) is 30.9. The van der Waals surface area contributed by atoms with Crippen molar-refractivity contribution in [1.82, 2.24) is 19.8 Å². The number of ether oxygens (including phenoxy) is 2. The summed E-state index contributed by atoms with van der Waals surface area (Å²) in [5.41, 5.74) is 1.78. The van der Waals surface area contributed by atoms with Gasteiger partial charge in [0.05, 0.1) is 22.3 Å². The van der Waals surface area contributed by atoms with E-state index < -0.39 is 23.1 Å². The highest BCUT2D eigenvalue weighted by molar-refractivity contribution is 5.93. The number of amides is 1. The van der Waals surface area contributed by atoms with Gasteiger partial charge in [-0.2, -0.15) is 9.97 Å². The number of likely N-dealkylation sites (tertiary alicyclic amines) is 1. The Morgan fingerprint density at radius 3 is 2.75 bits per heavy atom. The number of phenolic OH excluding ortho intramolecular Hbond substituents is 1. The number of benzene rings is 2. The van der Waals surface area contributed by atoms with E-state index >= 15 is 8.78 Å². The number of likely N-dealkylation sites (N-methyl/N-ethyl adjacent to an activating group) is 1. The molecule has 0 unspecified atom stereocenters. The maximum atomic E-state index is 15.0. The third-order valence-electron chi connectivity index (χ3n) is 12.4. The number of aromatic nitrogens is 2. The Balaban J connectivity index is 1.21. The molecule has 2 aliphatic carbocycles. The largest absolute Gasteiger partial charge is 0.508 e. The van der Waals surface area contributed by atoms with Crippen LogP contribution in [0.15, 0.2) is 36.9 Å². The lowest BCUT2D eigenvalue weighted by Gasteiger charge is -2.39. The van der Waals surface area contributed by atoms with Crippen LogP contribution in [-0.4, -0.2) is 94.5 Å². The summed E-state index contributed by atoms with van der Waals surface area (Å²) in [5.74, 6) is 3.02. The summed E-state index contributed by atoms with van der Waals surface area (Å²) >= 11 is 0. The van der Waals surface area contributed by atoms with Crippen LogP contribution in [0, 0.1) is 24.1 Å². The van der Waals surface area contributed by atoms with E-state index in [9.17, 15) is 9.90 Å². The van der Waals surface area contributed by atoms with Crippen LogP contribution in [0.3, 0.4) is 0 Å². The molecule has 3 fully saturated rings. The summed E-state index contributed by atoms with van der Waals surface area (Å²) in [7, 11) is 1.84. The van der Waals surface area contributed by atoms with Crippen LogP contribution in [-0.2, 0) is 22.4 Å². The molecule has 2 saturated heterocycles. The van der Waals surface area contributed by atoms with Crippen LogP contribution < -0.4 is 10.1 Å². The van der Waals surface area contributed by atoms with Gasteiger partial charge >= 0.3 is 6.01 Å². The van der Waals surface area contributed by atoms with Crippen LogP contribution >= 0.6 is 0 Å². The lowest BCUT2D eigenvalue weighted by Crippen LogP contribution is -2.51. The number of hydrogen-bond acceptors (Lipinski definition) is 8. The molecule has 4 aliphatic rings. The molecule has 0 spiro atoms. The van der Waals surface area contributed by atoms with Gasteiger partial charge < -0.3 is 24.8 Å². The van der Waals surface area contributed by atoms with Crippen molar-refractivity contribution in [2.24, 2.45) is 5.92 Å². The first-order valence-electron chi connectivity index (χ1n) is 19.1. The Morgan fingerprint density at radius 2 is 2.02 bits per heavy atom. The highest BCUT2D eigenvalue weighted by atomic mass is 19.1. The molecular weight excluding hydrogens is 676 g/mol. The smallest absolute Gasteiger partial charge is 0.318 e. The molecule has 2 aromatic carbocycles. The molecule has 2 aliphatic heterocycles. The number of rotatable bonds is 11. The van der Waals surface area contributed by atoms with Crippen molar-refractivity contribution >= 4 is 22.5 Å². The van der Waals surface area contributed by atoms with E-state index in [-0.39, 0.29) is 35.8 Å². The van der Waals surface area contributed by atoms with Crippen molar-refractivity contribution in [3.05, 3.63) is 65.1 Å². The number of anilines is 1. The van der Waals surface area contributed by atoms with Crippen molar-refractivity contribution < 1.29 is 28.2 Å². The van der Waals surface area contributed by atoms with Gasteiger partial charge in [0.2, 0.25) is 5.91 Å².